The average Bonchev–Trinajstić information content (AvgIpc) is 2.56. The van der Waals surface area contributed by atoms with Crippen LogP contribution >= 0.6 is 0 Å². The lowest BCUT2D eigenvalue weighted by atomic mass is 9.89. The fraction of sp³-hybridized carbons (Fsp3) is 0.941. The number of hydrogen-bond acceptors (Lipinski definition) is 3. The molecule has 0 saturated carbocycles. The molecule has 0 aliphatic carbocycles. The van der Waals surface area contributed by atoms with E-state index in [1.165, 1.54) is 0 Å². The van der Waals surface area contributed by atoms with Crippen LogP contribution in [0.25, 0.3) is 0 Å². The molecule has 0 aromatic heterocycles. The lowest BCUT2D eigenvalue weighted by molar-refractivity contribution is -0.0337. The van der Waals surface area contributed by atoms with E-state index in [1.807, 2.05) is 4.90 Å². The van der Waals surface area contributed by atoms with E-state index in [2.05, 4.69) is 31.0 Å². The third-order valence-electron chi connectivity index (χ3n) is 5.32. The number of likely N-dealkylation sites (N-methyl/N-ethyl adjacent to an activating group) is 1. The zero-order valence-electron chi connectivity index (χ0n) is 14.5. The maximum atomic E-state index is 12.4. The summed E-state index contributed by atoms with van der Waals surface area (Å²) >= 11 is 0. The van der Waals surface area contributed by atoms with Crippen molar-refractivity contribution in [1.82, 2.24) is 15.1 Å². The van der Waals surface area contributed by atoms with Crippen LogP contribution in [0.1, 0.15) is 46.5 Å². The number of ether oxygens (including phenoxy) is 1. The summed E-state index contributed by atoms with van der Waals surface area (Å²) in [6, 6.07) is 0.391. The highest BCUT2D eigenvalue weighted by Crippen LogP contribution is 2.25. The Kier molecular flexibility index (Phi) is 6.96. The number of carbonyl (C=O) groups is 1. The summed E-state index contributed by atoms with van der Waals surface area (Å²) < 4.78 is 5.94. The van der Waals surface area contributed by atoms with E-state index in [1.54, 1.807) is 0 Å². The minimum atomic E-state index is 0.117. The van der Waals surface area contributed by atoms with Gasteiger partial charge in [0, 0.05) is 38.8 Å². The molecule has 5 nitrogen and oxygen atoms in total. The van der Waals surface area contributed by atoms with Crippen LogP contribution in [0, 0.1) is 5.92 Å². The maximum Gasteiger partial charge on any atom is 0.317 e. The van der Waals surface area contributed by atoms with Gasteiger partial charge < -0.3 is 19.9 Å². The number of urea groups is 1. The molecule has 2 aliphatic rings. The van der Waals surface area contributed by atoms with Gasteiger partial charge in [-0.15, -0.1) is 0 Å². The van der Waals surface area contributed by atoms with Crippen molar-refractivity contribution >= 4 is 6.03 Å². The number of amides is 2. The Bertz CT molecular complexity index is 339. The van der Waals surface area contributed by atoms with Crippen LogP contribution in [0.4, 0.5) is 4.79 Å². The van der Waals surface area contributed by atoms with Gasteiger partial charge >= 0.3 is 6.03 Å². The third-order valence-corrected chi connectivity index (χ3v) is 5.32. The van der Waals surface area contributed by atoms with Crippen LogP contribution in [0.15, 0.2) is 0 Å². The lowest BCUT2D eigenvalue weighted by Crippen LogP contribution is -2.54. The van der Waals surface area contributed by atoms with E-state index in [0.717, 1.165) is 65.0 Å². The molecule has 2 aliphatic heterocycles. The topological polar surface area (TPSA) is 44.8 Å². The van der Waals surface area contributed by atoms with Crippen molar-refractivity contribution < 1.29 is 9.53 Å². The predicted molar refractivity (Wildman–Crippen MR) is 89.1 cm³/mol. The number of nitrogens with zero attached hydrogens (tertiary/aromatic N) is 2. The normalized spacial score (nSPS) is 27.2. The fourth-order valence-corrected chi connectivity index (χ4v) is 3.64. The van der Waals surface area contributed by atoms with E-state index < -0.39 is 0 Å². The van der Waals surface area contributed by atoms with Crippen LogP contribution in [0.5, 0.6) is 0 Å². The highest BCUT2D eigenvalue weighted by molar-refractivity contribution is 5.74. The highest BCUT2D eigenvalue weighted by atomic mass is 16.5. The van der Waals surface area contributed by atoms with Crippen molar-refractivity contribution in [2.45, 2.75) is 58.6 Å². The van der Waals surface area contributed by atoms with Gasteiger partial charge in [0.2, 0.25) is 0 Å². The molecule has 2 rings (SSSR count). The Labute approximate surface area is 135 Å². The first-order chi connectivity index (χ1) is 10.7. The summed E-state index contributed by atoms with van der Waals surface area (Å²) in [4.78, 5) is 16.8. The molecule has 22 heavy (non-hydrogen) atoms. The van der Waals surface area contributed by atoms with Gasteiger partial charge in [0.1, 0.15) is 0 Å². The van der Waals surface area contributed by atoms with Crippen LogP contribution in [-0.2, 0) is 4.74 Å². The van der Waals surface area contributed by atoms with Crippen LogP contribution in [0.3, 0.4) is 0 Å². The number of rotatable bonds is 5. The van der Waals surface area contributed by atoms with Crippen molar-refractivity contribution in [3.63, 3.8) is 0 Å². The molecule has 0 aromatic rings. The quantitative estimate of drug-likeness (QED) is 0.847. The Morgan fingerprint density at radius 2 is 1.86 bits per heavy atom. The van der Waals surface area contributed by atoms with Crippen LogP contribution in [0.2, 0.25) is 0 Å². The number of hydrogen-bond donors (Lipinski definition) is 1. The maximum absolute atomic E-state index is 12.4. The van der Waals surface area contributed by atoms with Gasteiger partial charge in [-0.1, -0.05) is 33.6 Å². The van der Waals surface area contributed by atoms with E-state index in [0.29, 0.717) is 12.0 Å². The smallest absolute Gasteiger partial charge is 0.317 e. The summed E-state index contributed by atoms with van der Waals surface area (Å²) in [6.45, 7) is 12.2. The molecular formula is C17H33N3O2. The van der Waals surface area contributed by atoms with E-state index in [9.17, 15) is 4.79 Å². The van der Waals surface area contributed by atoms with Gasteiger partial charge in [-0.3, -0.25) is 0 Å². The van der Waals surface area contributed by atoms with Crippen molar-refractivity contribution in [1.29, 1.82) is 0 Å². The highest BCUT2D eigenvalue weighted by Gasteiger charge is 2.30. The Morgan fingerprint density at radius 3 is 2.45 bits per heavy atom. The molecule has 2 amide bonds. The van der Waals surface area contributed by atoms with Gasteiger partial charge in [-0.2, -0.15) is 0 Å². The SMILES string of the molecule is CCC(CC)C1CC(NC(=O)N2CCN(CC)CC2)CCO1. The summed E-state index contributed by atoms with van der Waals surface area (Å²) in [5, 5.41) is 3.24. The molecule has 2 saturated heterocycles. The molecule has 128 valence electrons. The molecule has 2 fully saturated rings. The monoisotopic (exact) mass is 311 g/mol. The molecule has 1 N–H and O–H groups in total. The number of carbonyl (C=O) groups excluding carboxylic acids is 1. The van der Waals surface area contributed by atoms with Gasteiger partial charge in [-0.25, -0.2) is 4.79 Å². The second kappa shape index (κ2) is 8.73. The van der Waals surface area contributed by atoms with Gasteiger partial charge in [0.05, 0.1) is 6.10 Å². The van der Waals surface area contributed by atoms with Crippen molar-refractivity contribution in [2.24, 2.45) is 5.92 Å². The van der Waals surface area contributed by atoms with E-state index >= 15 is 0 Å². The van der Waals surface area contributed by atoms with Crippen LogP contribution in [-0.4, -0.2) is 67.3 Å². The van der Waals surface area contributed by atoms with Crippen LogP contribution < -0.4 is 5.32 Å². The molecule has 0 spiro atoms. The standard InChI is InChI=1S/C17H33N3O2/c1-4-14(5-2)16-13-15(7-12-22-16)18-17(21)20-10-8-19(6-3)9-11-20/h14-16H,4-13H2,1-3H3,(H,18,21). The Hall–Kier alpha value is -0.810. The molecule has 0 radical (unpaired) electrons. The largest absolute Gasteiger partial charge is 0.378 e. The average molecular weight is 311 g/mol. The zero-order valence-corrected chi connectivity index (χ0v) is 14.5. The van der Waals surface area contributed by atoms with Gasteiger partial charge in [0.25, 0.3) is 0 Å². The number of nitrogens with one attached hydrogen (secondary N) is 1. The van der Waals surface area contributed by atoms with Crippen molar-refractivity contribution in [2.75, 3.05) is 39.3 Å². The fourth-order valence-electron chi connectivity index (χ4n) is 3.64. The number of piperazine rings is 1. The van der Waals surface area contributed by atoms with E-state index in [-0.39, 0.29) is 12.1 Å². The molecule has 2 heterocycles. The summed E-state index contributed by atoms with van der Waals surface area (Å²) in [5.74, 6) is 0.618. The molecule has 2 atom stereocenters. The summed E-state index contributed by atoms with van der Waals surface area (Å²) in [5.41, 5.74) is 0. The second-order valence-electron chi connectivity index (χ2n) is 6.58. The third kappa shape index (κ3) is 4.59. The Balaban J connectivity index is 1.79. The zero-order chi connectivity index (χ0) is 15.9. The van der Waals surface area contributed by atoms with Gasteiger partial charge in [-0.05, 0) is 25.3 Å². The summed E-state index contributed by atoms with van der Waals surface area (Å²) in [6.07, 6.45) is 4.53. The molecule has 2 unspecified atom stereocenters. The minimum absolute atomic E-state index is 0.117. The first-order valence-electron chi connectivity index (χ1n) is 9.07. The molecule has 0 bridgehead atoms. The van der Waals surface area contributed by atoms with E-state index in [4.69, 9.17) is 4.74 Å². The Morgan fingerprint density at radius 1 is 1.18 bits per heavy atom. The first kappa shape index (κ1) is 17.5. The van der Waals surface area contributed by atoms with Crippen molar-refractivity contribution in [3.05, 3.63) is 0 Å². The first-order valence-corrected chi connectivity index (χ1v) is 9.07. The molecule has 0 aromatic carbocycles. The second-order valence-corrected chi connectivity index (χ2v) is 6.58. The predicted octanol–water partition coefficient (Wildman–Crippen LogP) is 2.32. The minimum Gasteiger partial charge on any atom is -0.378 e. The summed E-state index contributed by atoms with van der Waals surface area (Å²) in [7, 11) is 0. The lowest BCUT2D eigenvalue weighted by Gasteiger charge is -2.37. The van der Waals surface area contributed by atoms with Crippen molar-refractivity contribution in [3.8, 4) is 0 Å². The van der Waals surface area contributed by atoms with Gasteiger partial charge in [0.15, 0.2) is 0 Å². The molecule has 5 heteroatoms. The molecular weight excluding hydrogens is 278 g/mol.